The van der Waals surface area contributed by atoms with Crippen molar-refractivity contribution in [3.8, 4) is 0 Å². The van der Waals surface area contributed by atoms with Crippen LogP contribution in [0.1, 0.15) is 335 Å². The first-order valence-corrected chi connectivity index (χ1v) is 34.1. The zero-order chi connectivity index (χ0) is 57.5. The van der Waals surface area contributed by atoms with Gasteiger partial charge in [-0.05, 0) is 51.4 Å². The van der Waals surface area contributed by atoms with E-state index in [1.165, 1.54) is 231 Å². The van der Waals surface area contributed by atoms with E-state index in [2.05, 4.69) is 38.2 Å². The molecule has 1 fully saturated rings. The zero-order valence-electron chi connectivity index (χ0n) is 51.8. The minimum Gasteiger partial charge on any atom is -0.454 e. The summed E-state index contributed by atoms with van der Waals surface area (Å²) in [5.74, 6) is -1.18. The fraction of sp³-hybridized carbons (Fsp3) is 0.912. The molecule has 1 rings (SSSR count). The predicted molar refractivity (Wildman–Crippen MR) is 329 cm³/mol. The molecule has 0 saturated carbocycles. The molecule has 1 amide bonds. The third-order valence-electron chi connectivity index (χ3n) is 16.4. The highest BCUT2D eigenvalue weighted by Crippen LogP contribution is 2.26. The van der Waals surface area contributed by atoms with Gasteiger partial charge < -0.3 is 45.1 Å². The molecule has 0 aromatic rings. The van der Waals surface area contributed by atoms with E-state index >= 15 is 0 Å². The van der Waals surface area contributed by atoms with Crippen molar-refractivity contribution < 1.29 is 49.3 Å². The van der Waals surface area contributed by atoms with Crippen molar-refractivity contribution in [2.75, 3.05) is 13.2 Å². The molecule has 0 aliphatic carbocycles. The second-order valence-electron chi connectivity index (χ2n) is 23.9. The number of aliphatic hydroxyl groups is 5. The van der Waals surface area contributed by atoms with Gasteiger partial charge in [-0.25, -0.2) is 0 Å². The van der Waals surface area contributed by atoms with Crippen molar-refractivity contribution >= 4 is 11.9 Å². The summed E-state index contributed by atoms with van der Waals surface area (Å²) in [6, 6.07) is -1.02. The van der Waals surface area contributed by atoms with E-state index in [1.807, 2.05) is 6.08 Å². The van der Waals surface area contributed by atoms with E-state index < -0.39 is 67.4 Å². The molecule has 8 unspecified atom stereocenters. The number of carbonyl (C=O) groups is 2. The van der Waals surface area contributed by atoms with Crippen LogP contribution in [-0.2, 0) is 23.8 Å². The van der Waals surface area contributed by atoms with Crippen LogP contribution in [0, 0.1) is 0 Å². The smallest absolute Gasteiger partial charge is 0.306 e. The topological polar surface area (TPSA) is 175 Å². The number of aliphatic hydroxyl groups excluding tert-OH is 5. The van der Waals surface area contributed by atoms with E-state index in [1.54, 1.807) is 6.08 Å². The fourth-order valence-electron chi connectivity index (χ4n) is 10.9. The molecule has 0 spiro atoms. The molecule has 1 saturated heterocycles. The number of amides is 1. The molecule has 8 atom stereocenters. The van der Waals surface area contributed by atoms with Crippen LogP contribution in [0.25, 0.3) is 0 Å². The number of carbonyl (C=O) groups excluding carboxylic acids is 2. The summed E-state index contributed by atoms with van der Waals surface area (Å²) < 4.78 is 17.7. The standard InChI is InChI=1S/C68H129NO10/c1-4-7-10-13-16-19-22-24-26-27-28-29-30-31-32-33-34-35-36-38-41-44-47-50-53-56-63(73)79-66-65(75)64(74)62(57-70)78-68(66)77-58-59(60(71)54-51-48-45-42-39-21-18-15-12-9-6-3)69-67(76)61(72)55-52-49-46-43-40-37-25-23-20-17-14-11-8-5-2/h24,26,51,54,59-62,64-66,68,70-72,74-75H,4-23,25,27-50,52-53,55-58H2,1-3H3,(H,69,76)/b26-24+,54-51+. The highest BCUT2D eigenvalue weighted by atomic mass is 16.7. The highest BCUT2D eigenvalue weighted by Gasteiger charge is 2.47. The molecule has 1 aliphatic heterocycles. The summed E-state index contributed by atoms with van der Waals surface area (Å²) in [7, 11) is 0. The number of hydrogen-bond donors (Lipinski definition) is 6. The van der Waals surface area contributed by atoms with Crippen LogP contribution in [0.4, 0.5) is 0 Å². The fourth-order valence-corrected chi connectivity index (χ4v) is 10.9. The van der Waals surface area contributed by atoms with Crippen LogP contribution >= 0.6 is 0 Å². The Balaban J connectivity index is 2.54. The summed E-state index contributed by atoms with van der Waals surface area (Å²) in [5, 5.41) is 57.0. The lowest BCUT2D eigenvalue weighted by molar-refractivity contribution is -0.305. The first kappa shape index (κ1) is 75.2. The largest absolute Gasteiger partial charge is 0.454 e. The van der Waals surface area contributed by atoms with Gasteiger partial charge in [0.2, 0.25) is 5.91 Å². The lowest BCUT2D eigenvalue weighted by Gasteiger charge is -2.41. The van der Waals surface area contributed by atoms with Gasteiger partial charge in [-0.15, -0.1) is 0 Å². The van der Waals surface area contributed by atoms with Gasteiger partial charge >= 0.3 is 5.97 Å². The number of hydrogen-bond acceptors (Lipinski definition) is 10. The molecule has 6 N–H and O–H groups in total. The van der Waals surface area contributed by atoms with E-state index in [0.717, 1.165) is 57.8 Å². The lowest BCUT2D eigenvalue weighted by Crippen LogP contribution is -2.61. The van der Waals surface area contributed by atoms with Crippen molar-refractivity contribution in [3.05, 3.63) is 24.3 Å². The second kappa shape index (κ2) is 56.6. The van der Waals surface area contributed by atoms with Gasteiger partial charge in [-0.3, -0.25) is 9.59 Å². The van der Waals surface area contributed by atoms with Crippen LogP contribution in [-0.4, -0.2) is 99.6 Å². The molecular weight excluding hydrogens is 991 g/mol. The average Bonchev–Trinajstić information content (AvgIpc) is 3.47. The van der Waals surface area contributed by atoms with Gasteiger partial charge in [0.15, 0.2) is 12.4 Å². The van der Waals surface area contributed by atoms with Gasteiger partial charge in [0.05, 0.1) is 25.4 Å². The van der Waals surface area contributed by atoms with E-state index in [9.17, 15) is 35.1 Å². The Hall–Kier alpha value is -1.86. The van der Waals surface area contributed by atoms with Gasteiger partial charge in [0.25, 0.3) is 0 Å². The molecule has 0 radical (unpaired) electrons. The number of nitrogens with one attached hydrogen (secondary N) is 1. The molecule has 1 heterocycles. The van der Waals surface area contributed by atoms with Crippen molar-refractivity contribution in [1.82, 2.24) is 5.32 Å². The quantitative estimate of drug-likeness (QED) is 0.0195. The summed E-state index contributed by atoms with van der Waals surface area (Å²) in [6.45, 7) is 5.82. The normalized spacial score (nSPS) is 18.9. The number of allylic oxidation sites excluding steroid dienone is 3. The van der Waals surface area contributed by atoms with E-state index in [-0.39, 0.29) is 13.0 Å². The number of rotatable bonds is 59. The molecule has 11 nitrogen and oxygen atoms in total. The second-order valence-corrected chi connectivity index (χ2v) is 23.9. The minimum absolute atomic E-state index is 0.129. The maximum atomic E-state index is 13.4. The number of esters is 1. The lowest BCUT2D eigenvalue weighted by atomic mass is 9.99. The molecule has 0 aromatic carbocycles. The third-order valence-corrected chi connectivity index (χ3v) is 16.4. The zero-order valence-corrected chi connectivity index (χ0v) is 51.8. The van der Waals surface area contributed by atoms with Crippen LogP contribution in [0.15, 0.2) is 24.3 Å². The average molecular weight is 1120 g/mol. The Morgan fingerprint density at radius 2 is 0.835 bits per heavy atom. The van der Waals surface area contributed by atoms with Crippen molar-refractivity contribution in [2.24, 2.45) is 0 Å². The first-order chi connectivity index (χ1) is 38.7. The van der Waals surface area contributed by atoms with Gasteiger partial charge in [0, 0.05) is 6.42 Å². The Morgan fingerprint density at radius 3 is 1.23 bits per heavy atom. The molecule has 0 bridgehead atoms. The van der Waals surface area contributed by atoms with Gasteiger partial charge in [0.1, 0.15) is 24.4 Å². The molecule has 0 aromatic heterocycles. The molecule has 1 aliphatic rings. The predicted octanol–water partition coefficient (Wildman–Crippen LogP) is 16.8. The maximum Gasteiger partial charge on any atom is 0.306 e. The summed E-state index contributed by atoms with van der Waals surface area (Å²) in [6.07, 6.45) is 56.6. The van der Waals surface area contributed by atoms with Gasteiger partial charge in [-0.1, -0.05) is 302 Å². The Morgan fingerprint density at radius 1 is 0.481 bits per heavy atom. The van der Waals surface area contributed by atoms with Crippen molar-refractivity contribution in [1.29, 1.82) is 0 Å². The minimum atomic E-state index is -1.61. The Kier molecular flexibility index (Phi) is 53.9. The first-order valence-electron chi connectivity index (χ1n) is 34.1. The molecule has 11 heteroatoms. The molecular formula is C68H129NO10. The Labute approximate surface area is 486 Å². The summed E-state index contributed by atoms with van der Waals surface area (Å²) >= 11 is 0. The Bertz CT molecular complexity index is 1380. The highest BCUT2D eigenvalue weighted by molar-refractivity contribution is 5.80. The van der Waals surface area contributed by atoms with Crippen molar-refractivity contribution in [3.63, 3.8) is 0 Å². The van der Waals surface area contributed by atoms with Crippen LogP contribution in [0.5, 0.6) is 0 Å². The number of unbranched alkanes of at least 4 members (excludes halogenated alkanes) is 43. The summed E-state index contributed by atoms with van der Waals surface area (Å²) in [4.78, 5) is 26.6. The third kappa shape index (κ3) is 44.4. The molecule has 79 heavy (non-hydrogen) atoms. The van der Waals surface area contributed by atoms with Crippen LogP contribution in [0.2, 0.25) is 0 Å². The van der Waals surface area contributed by atoms with E-state index in [4.69, 9.17) is 14.2 Å². The van der Waals surface area contributed by atoms with Crippen molar-refractivity contribution in [2.45, 2.75) is 384 Å². The number of ether oxygens (including phenoxy) is 3. The van der Waals surface area contributed by atoms with Crippen LogP contribution < -0.4 is 5.32 Å². The molecule has 466 valence electrons. The monoisotopic (exact) mass is 1120 g/mol. The van der Waals surface area contributed by atoms with Gasteiger partial charge in [-0.2, -0.15) is 0 Å². The van der Waals surface area contributed by atoms with E-state index in [0.29, 0.717) is 19.3 Å². The van der Waals surface area contributed by atoms with Crippen LogP contribution in [0.3, 0.4) is 0 Å². The summed E-state index contributed by atoms with van der Waals surface area (Å²) in [5.41, 5.74) is 0. The SMILES string of the molecule is CCCCCCCC/C=C/CCCCCCCCCCCCCCCCCC(=O)OC1C(OCC(NC(=O)C(O)CCCCCCCCCCCCCCCC)C(O)/C=C/CCCCCCCCCCC)OC(CO)C(O)C1O. The maximum absolute atomic E-state index is 13.4.